The van der Waals surface area contributed by atoms with E-state index in [0.717, 1.165) is 99.9 Å². The van der Waals surface area contributed by atoms with E-state index in [2.05, 4.69) is 103 Å². The number of halogens is 4. The number of fused-ring (bicyclic) bond motifs is 4. The molecule has 16 aromatic rings. The first-order chi connectivity index (χ1) is 64.0. The van der Waals surface area contributed by atoms with Gasteiger partial charge in [-0.15, -0.1) is 23.5 Å². The van der Waals surface area contributed by atoms with Crippen LogP contribution in [0.4, 0.5) is 23.0 Å². The van der Waals surface area contributed by atoms with Crippen molar-refractivity contribution in [1.29, 1.82) is 0 Å². The standard InChI is InChI=1S/C25H20ClN5O2S.C25H20ClN5OS.C25H19ClN4O2S.C25H19ClN4OS/c1-16-18(11-23(32)28-16)10-19-14-27-31-24(34(33)15-17-6-3-2-4-7-17)13-22(30-25(19)31)29-21-9-5-8-20(26)12-21;1-16-18(11-23(32)28-16)10-19-14-27-31-24(33-15-17-6-3-2-4-7-17)13-22(30-25(19)31)29-21-9-5-8-20(26)12-21;1-16-19(12-23(31)28-16)10-20-14-27-30-24(33(32)15-17-6-3-2-4-7-17)13-22(29-25(20)30)18-8-5-9-21(26)11-18;1-16-19(12-23(31)28-16)10-20-14-27-30-24(32-15-17-6-3-2-4-7-17)13-22(29-25(20)30)18-8-5-9-21(26)11-18/h2-10,12-14H,1,11,15H2,(H,28,32)(H,29,30);2-10,12-14H,1,11,15H2,(H,28,32)(H,29,30);2-11,13-14H,1,12,15H2,(H,28,31);2-11,13-14H,1,12,15H2,(H,28,31)/b2*18-10+;2*19-10+. The average Bonchev–Trinajstić information content (AvgIpc) is 1.61. The third-order valence-corrected chi connectivity index (χ3v) is 26.7. The van der Waals surface area contributed by atoms with Crippen molar-refractivity contribution in [3.8, 4) is 22.5 Å². The highest BCUT2D eigenvalue weighted by atomic mass is 35.5. The molecule has 4 saturated heterocycles. The molecule has 0 spiro atoms. The van der Waals surface area contributed by atoms with Crippen molar-refractivity contribution < 1.29 is 27.6 Å². The number of rotatable bonds is 22. The fourth-order valence-corrected chi connectivity index (χ4v) is 19.7. The van der Waals surface area contributed by atoms with Gasteiger partial charge in [0.2, 0.25) is 23.6 Å². The minimum atomic E-state index is -1.40. The second kappa shape index (κ2) is 40.9. The molecule has 2 unspecified atom stereocenters. The van der Waals surface area contributed by atoms with Crippen LogP contribution in [0, 0.1) is 0 Å². The van der Waals surface area contributed by atoms with Gasteiger partial charge in [-0.3, -0.25) is 27.6 Å². The van der Waals surface area contributed by atoms with Crippen molar-refractivity contribution in [1.82, 2.24) is 79.7 Å². The van der Waals surface area contributed by atoms with Crippen molar-refractivity contribution in [3.63, 3.8) is 0 Å². The van der Waals surface area contributed by atoms with Gasteiger partial charge in [0.05, 0.1) is 95.0 Å². The molecule has 8 aromatic carbocycles. The summed E-state index contributed by atoms with van der Waals surface area (Å²) >= 11 is 28.1. The van der Waals surface area contributed by atoms with Crippen molar-refractivity contribution >= 4 is 185 Å². The van der Waals surface area contributed by atoms with Crippen molar-refractivity contribution in [3.05, 3.63) is 403 Å². The summed E-state index contributed by atoms with van der Waals surface area (Å²) in [4.78, 5) is 66.2. The number of hydrogen-bond donors (Lipinski definition) is 6. The van der Waals surface area contributed by atoms with E-state index in [-0.39, 0.29) is 36.5 Å². The van der Waals surface area contributed by atoms with E-state index in [4.69, 9.17) is 66.3 Å². The van der Waals surface area contributed by atoms with Gasteiger partial charge in [0.1, 0.15) is 31.7 Å². The van der Waals surface area contributed by atoms with Crippen LogP contribution in [0.25, 0.3) is 69.4 Å². The third kappa shape index (κ3) is 21.9. The highest BCUT2D eigenvalue weighted by molar-refractivity contribution is 7.98. The predicted molar refractivity (Wildman–Crippen MR) is 527 cm³/mol. The molecule has 4 aliphatic rings. The average molecular weight is 1900 g/mol. The second-order valence-electron chi connectivity index (χ2n) is 30.5. The zero-order valence-electron chi connectivity index (χ0n) is 70.2. The van der Waals surface area contributed by atoms with Gasteiger partial charge in [-0.05, 0) is 142 Å². The summed E-state index contributed by atoms with van der Waals surface area (Å²) in [5.74, 6) is 3.16. The molecule has 0 bridgehead atoms. The molecule has 20 rings (SSSR count). The van der Waals surface area contributed by atoms with Crippen LogP contribution in [0.1, 0.15) is 70.2 Å². The SMILES string of the molecule is C=C1NC(=O)C/C1=C\c1cnn2c(S(=O)Cc3ccccc3)cc(-c3cccc(Cl)c3)nc12.C=C1NC(=O)C/C1=C\c1cnn2c(S(=O)Cc3ccccc3)cc(Nc3cccc(Cl)c3)nc12.C=C1NC(=O)C/C1=C\c1cnn2c(SCc3ccccc3)cc(-c3cccc(Cl)c3)nc12.C=C1NC(=O)C/C1=C\c1cnn2c(SCc3ccccc3)cc(Nc3cccc(Cl)c3)nc12. The quantitative estimate of drug-likeness (QED) is 0.0271. The normalized spacial score (nSPS) is 15.3. The molecule has 132 heavy (non-hydrogen) atoms. The van der Waals surface area contributed by atoms with Gasteiger partial charge in [-0.1, -0.05) is 230 Å². The number of hydrogen-bond acceptors (Lipinski definition) is 18. The molecule has 4 fully saturated rings. The molecular formula is C100H78Cl4N18O6S4. The molecule has 2 atom stereocenters. The van der Waals surface area contributed by atoms with Crippen LogP contribution in [0.5, 0.6) is 0 Å². The molecule has 12 heterocycles. The first kappa shape index (κ1) is 89.8. The lowest BCUT2D eigenvalue weighted by Crippen LogP contribution is -2.10. The molecule has 656 valence electrons. The predicted octanol–water partition coefficient (Wildman–Crippen LogP) is 21.2. The first-order valence-corrected chi connectivity index (χ1v) is 47.3. The molecule has 4 aliphatic heterocycles. The highest BCUT2D eigenvalue weighted by Gasteiger charge is 2.27. The lowest BCUT2D eigenvalue weighted by Gasteiger charge is -2.11. The van der Waals surface area contributed by atoms with Gasteiger partial charge in [0.15, 0.2) is 22.6 Å². The maximum Gasteiger partial charge on any atom is 0.228 e. The zero-order chi connectivity index (χ0) is 91.5. The molecule has 8 aromatic heterocycles. The summed E-state index contributed by atoms with van der Waals surface area (Å²) in [5, 5.41) is 41.1. The number of aromatic nitrogens is 12. The smallest absolute Gasteiger partial charge is 0.228 e. The molecular weight excluding hydrogens is 1820 g/mol. The third-order valence-electron chi connectivity index (χ3n) is 20.9. The van der Waals surface area contributed by atoms with Crippen molar-refractivity contribution in [2.24, 2.45) is 0 Å². The first-order valence-electron chi connectivity index (χ1n) is 41.1. The minimum absolute atomic E-state index is 0.0515. The molecule has 0 radical (unpaired) electrons. The number of anilines is 4. The number of nitrogens with one attached hydrogen (secondary N) is 6. The van der Waals surface area contributed by atoms with Gasteiger partial charge >= 0.3 is 0 Å². The fourth-order valence-electron chi connectivity index (χ4n) is 14.5. The van der Waals surface area contributed by atoms with E-state index < -0.39 is 21.6 Å². The van der Waals surface area contributed by atoms with Crippen LogP contribution in [0.15, 0.2) is 359 Å². The number of nitrogens with zero attached hydrogens (tertiary/aromatic N) is 12. The Morgan fingerprint density at radius 3 is 1.02 bits per heavy atom. The zero-order valence-corrected chi connectivity index (χ0v) is 76.4. The Balaban J connectivity index is 0.000000123. The minimum Gasteiger partial charge on any atom is -0.340 e. The number of carbonyl (C=O) groups is 4. The van der Waals surface area contributed by atoms with E-state index in [1.54, 1.807) is 87.7 Å². The Bertz CT molecular complexity index is 7470. The largest absolute Gasteiger partial charge is 0.340 e. The summed E-state index contributed by atoms with van der Waals surface area (Å²) in [6.07, 6.45) is 15.5. The van der Waals surface area contributed by atoms with Gasteiger partial charge in [0, 0.05) is 111 Å². The lowest BCUT2D eigenvalue weighted by atomic mass is 10.1. The Morgan fingerprint density at radius 1 is 0.348 bits per heavy atom. The maximum atomic E-state index is 13.4. The topological polar surface area (TPSA) is 295 Å². The Labute approximate surface area is 791 Å². The molecule has 0 aliphatic carbocycles. The van der Waals surface area contributed by atoms with E-state index >= 15 is 0 Å². The summed E-state index contributed by atoms with van der Waals surface area (Å²) in [6.45, 7) is 15.7. The van der Waals surface area contributed by atoms with Crippen LogP contribution in [0.2, 0.25) is 20.1 Å². The van der Waals surface area contributed by atoms with Crippen LogP contribution < -0.4 is 31.9 Å². The van der Waals surface area contributed by atoms with Crippen molar-refractivity contribution in [2.75, 3.05) is 10.6 Å². The summed E-state index contributed by atoms with van der Waals surface area (Å²) in [6, 6.07) is 77.3. The Hall–Kier alpha value is -14.2. The Morgan fingerprint density at radius 2 is 0.659 bits per heavy atom. The van der Waals surface area contributed by atoms with Crippen molar-refractivity contribution in [2.45, 2.75) is 68.8 Å². The summed E-state index contributed by atoms with van der Waals surface area (Å²) < 4.78 is 33.7. The molecule has 6 N–H and O–H groups in total. The van der Waals surface area contributed by atoms with Gasteiger partial charge in [-0.2, -0.15) is 20.4 Å². The number of allylic oxidation sites excluding steroid dienone is 4. The molecule has 32 heteroatoms. The van der Waals surface area contributed by atoms with Crippen LogP contribution >= 0.6 is 69.9 Å². The maximum absolute atomic E-state index is 13.4. The molecule has 24 nitrogen and oxygen atoms in total. The van der Waals surface area contributed by atoms with Gasteiger partial charge in [0.25, 0.3) is 0 Å². The van der Waals surface area contributed by atoms with E-state index in [9.17, 15) is 27.6 Å². The monoisotopic (exact) mass is 1890 g/mol. The van der Waals surface area contributed by atoms with Gasteiger partial charge in [-0.25, -0.2) is 38.0 Å². The van der Waals surface area contributed by atoms with E-state index in [1.165, 1.54) is 11.1 Å². The van der Waals surface area contributed by atoms with Crippen LogP contribution in [-0.2, 0) is 63.8 Å². The second-order valence-corrected chi connectivity index (χ2v) is 37.1. The van der Waals surface area contributed by atoms with E-state index in [0.29, 0.717) is 123 Å². The fraction of sp³-hybridized carbons (Fsp3) is 0.0800. The summed E-state index contributed by atoms with van der Waals surface area (Å²) in [7, 11) is -2.77. The Kier molecular flexibility index (Phi) is 27.8. The van der Waals surface area contributed by atoms with E-state index in [1.807, 2.05) is 221 Å². The summed E-state index contributed by atoms with van der Waals surface area (Å²) in [5.41, 5.74) is 20.3. The van der Waals surface area contributed by atoms with Gasteiger partial charge < -0.3 is 31.9 Å². The highest BCUT2D eigenvalue weighted by Crippen LogP contribution is 2.37. The number of benzene rings is 8. The number of carbonyl (C=O) groups excluding carboxylic acids is 4. The van der Waals surface area contributed by atoms with Crippen LogP contribution in [0.3, 0.4) is 0 Å². The number of amides is 4. The molecule has 4 amide bonds. The lowest BCUT2D eigenvalue weighted by molar-refractivity contribution is -0.119. The molecule has 0 saturated carbocycles. The van der Waals surface area contributed by atoms with Crippen LogP contribution in [-0.4, -0.2) is 90.4 Å². The number of thioether (sulfide) groups is 2.